The van der Waals surface area contributed by atoms with Crippen molar-refractivity contribution in [2.75, 3.05) is 0 Å². The summed E-state index contributed by atoms with van der Waals surface area (Å²) in [7, 11) is 0. The molecule has 0 aromatic heterocycles. The Morgan fingerprint density at radius 2 is 2.17 bits per heavy atom. The second-order valence-corrected chi connectivity index (χ2v) is 2.91. The van der Waals surface area contributed by atoms with Gasteiger partial charge in [-0.15, -0.1) is 0 Å². The molecule has 1 aliphatic rings. The number of allylic oxidation sites excluding steroid dienone is 2. The number of carboxylic acid groups (broad SMARTS) is 1. The number of halogens is 2. The van der Waals surface area contributed by atoms with E-state index in [1.54, 1.807) is 12.2 Å². The highest BCUT2D eigenvalue weighted by Gasteiger charge is 2.46. The Hall–Kier alpha value is -0.930. The Kier molecular flexibility index (Phi) is 2.45. The summed E-state index contributed by atoms with van der Waals surface area (Å²) in [6.45, 7) is 0. The van der Waals surface area contributed by atoms with Gasteiger partial charge in [-0.2, -0.15) is 8.78 Å². The average Bonchev–Trinajstić information content (AvgIpc) is 2.06. The van der Waals surface area contributed by atoms with E-state index in [-0.39, 0.29) is 12.8 Å². The van der Waals surface area contributed by atoms with Gasteiger partial charge in [0.05, 0.1) is 0 Å². The summed E-state index contributed by atoms with van der Waals surface area (Å²) in [6.07, 6.45) is 4.39. The number of aliphatic carboxylic acids is 1. The summed E-state index contributed by atoms with van der Waals surface area (Å²) in [6, 6.07) is 0. The van der Waals surface area contributed by atoms with Crippen LogP contribution in [0.3, 0.4) is 0 Å². The van der Waals surface area contributed by atoms with Crippen LogP contribution < -0.4 is 0 Å². The highest BCUT2D eigenvalue weighted by Crippen LogP contribution is 2.33. The summed E-state index contributed by atoms with van der Waals surface area (Å²) < 4.78 is 25.6. The van der Waals surface area contributed by atoms with Crippen molar-refractivity contribution in [1.82, 2.24) is 0 Å². The maximum Gasteiger partial charge on any atom is 0.374 e. The Morgan fingerprint density at radius 3 is 2.58 bits per heavy atom. The molecule has 0 aliphatic heterocycles. The Labute approximate surface area is 68.9 Å². The molecule has 68 valence electrons. The molecule has 0 amide bonds. The van der Waals surface area contributed by atoms with Gasteiger partial charge in [-0.1, -0.05) is 12.2 Å². The molecule has 0 aromatic carbocycles. The van der Waals surface area contributed by atoms with E-state index in [1.807, 2.05) is 0 Å². The third-order valence-corrected chi connectivity index (χ3v) is 2.07. The molecule has 0 aromatic rings. The predicted molar refractivity (Wildman–Crippen MR) is 39.1 cm³/mol. The molecular weight excluding hydrogens is 166 g/mol. The average molecular weight is 176 g/mol. The number of alkyl halides is 2. The fraction of sp³-hybridized carbons (Fsp3) is 0.625. The zero-order valence-electron chi connectivity index (χ0n) is 6.46. The van der Waals surface area contributed by atoms with Gasteiger partial charge in [-0.25, -0.2) is 4.79 Å². The number of carboxylic acids is 1. The highest BCUT2D eigenvalue weighted by molar-refractivity contribution is 5.75. The monoisotopic (exact) mass is 176 g/mol. The lowest BCUT2D eigenvalue weighted by Gasteiger charge is -2.23. The van der Waals surface area contributed by atoms with E-state index in [4.69, 9.17) is 5.11 Å². The van der Waals surface area contributed by atoms with Gasteiger partial charge in [0.1, 0.15) is 0 Å². The van der Waals surface area contributed by atoms with E-state index >= 15 is 0 Å². The van der Waals surface area contributed by atoms with E-state index < -0.39 is 17.8 Å². The third-order valence-electron chi connectivity index (χ3n) is 2.07. The van der Waals surface area contributed by atoms with E-state index in [0.717, 1.165) is 0 Å². The Morgan fingerprint density at radius 1 is 1.50 bits per heavy atom. The fourth-order valence-corrected chi connectivity index (χ4v) is 1.30. The first-order valence-electron chi connectivity index (χ1n) is 3.81. The zero-order chi connectivity index (χ0) is 9.19. The van der Waals surface area contributed by atoms with E-state index in [0.29, 0.717) is 6.42 Å². The zero-order valence-corrected chi connectivity index (χ0v) is 6.46. The molecule has 0 radical (unpaired) electrons. The first-order chi connectivity index (χ1) is 5.55. The van der Waals surface area contributed by atoms with Crippen molar-refractivity contribution >= 4 is 5.97 Å². The van der Waals surface area contributed by atoms with Crippen LogP contribution in [0.4, 0.5) is 8.78 Å². The second kappa shape index (κ2) is 3.21. The molecule has 0 saturated carbocycles. The maximum absolute atomic E-state index is 12.8. The lowest BCUT2D eigenvalue weighted by atomic mass is 9.89. The minimum atomic E-state index is -3.56. The second-order valence-electron chi connectivity index (χ2n) is 2.91. The Bertz CT molecular complexity index is 211. The molecule has 0 saturated heterocycles. The van der Waals surface area contributed by atoms with Crippen LogP contribution in [0.15, 0.2) is 12.2 Å². The van der Waals surface area contributed by atoms with Crippen molar-refractivity contribution in [1.29, 1.82) is 0 Å². The molecule has 0 heterocycles. The van der Waals surface area contributed by atoms with Crippen molar-refractivity contribution < 1.29 is 18.7 Å². The van der Waals surface area contributed by atoms with Crippen LogP contribution in [0, 0.1) is 5.92 Å². The summed E-state index contributed by atoms with van der Waals surface area (Å²) >= 11 is 0. The first kappa shape index (κ1) is 9.16. The van der Waals surface area contributed by atoms with Gasteiger partial charge in [-0.3, -0.25) is 0 Å². The summed E-state index contributed by atoms with van der Waals surface area (Å²) in [5.74, 6) is -6.60. The molecule has 0 fully saturated rings. The molecule has 2 nitrogen and oxygen atoms in total. The van der Waals surface area contributed by atoms with Crippen molar-refractivity contribution in [3.63, 3.8) is 0 Å². The van der Waals surface area contributed by atoms with E-state index in [9.17, 15) is 13.6 Å². The number of hydrogen-bond acceptors (Lipinski definition) is 1. The van der Waals surface area contributed by atoms with Gasteiger partial charge < -0.3 is 5.11 Å². The largest absolute Gasteiger partial charge is 0.477 e. The third kappa shape index (κ3) is 1.62. The first-order valence-corrected chi connectivity index (χ1v) is 3.81. The number of carbonyl (C=O) groups is 1. The number of hydrogen-bond donors (Lipinski definition) is 1. The molecule has 1 aliphatic carbocycles. The van der Waals surface area contributed by atoms with Gasteiger partial charge in [0.15, 0.2) is 0 Å². The van der Waals surface area contributed by atoms with Gasteiger partial charge in [-0.05, 0) is 19.3 Å². The normalized spacial score (nSPS) is 24.0. The molecule has 4 heteroatoms. The molecule has 12 heavy (non-hydrogen) atoms. The highest BCUT2D eigenvalue weighted by atomic mass is 19.3. The molecule has 1 N–H and O–H groups in total. The topological polar surface area (TPSA) is 37.3 Å². The van der Waals surface area contributed by atoms with Crippen LogP contribution in [0.5, 0.6) is 0 Å². The van der Waals surface area contributed by atoms with Crippen LogP contribution in [0.2, 0.25) is 0 Å². The molecule has 0 spiro atoms. The van der Waals surface area contributed by atoms with Crippen molar-refractivity contribution in [2.24, 2.45) is 5.92 Å². The quantitative estimate of drug-likeness (QED) is 0.654. The Balaban J connectivity index is 2.67. The van der Waals surface area contributed by atoms with Gasteiger partial charge in [0, 0.05) is 5.92 Å². The van der Waals surface area contributed by atoms with Crippen LogP contribution in [-0.2, 0) is 4.79 Å². The van der Waals surface area contributed by atoms with Crippen LogP contribution in [0.25, 0.3) is 0 Å². The van der Waals surface area contributed by atoms with Crippen molar-refractivity contribution in [2.45, 2.75) is 25.2 Å². The number of rotatable bonds is 2. The lowest BCUT2D eigenvalue weighted by molar-refractivity contribution is -0.173. The SMILES string of the molecule is O=C(O)C(F)(F)C1CC=CCC1. The summed E-state index contributed by atoms with van der Waals surface area (Å²) in [4.78, 5) is 10.1. The minimum Gasteiger partial charge on any atom is -0.477 e. The molecular formula is C8H10F2O2. The molecule has 0 bridgehead atoms. The fourth-order valence-electron chi connectivity index (χ4n) is 1.30. The molecule has 1 unspecified atom stereocenters. The predicted octanol–water partition coefficient (Wildman–Crippen LogP) is 2.06. The van der Waals surface area contributed by atoms with Crippen molar-refractivity contribution in [3.05, 3.63) is 12.2 Å². The molecule has 1 rings (SSSR count). The van der Waals surface area contributed by atoms with Gasteiger partial charge in [0.2, 0.25) is 0 Å². The van der Waals surface area contributed by atoms with Gasteiger partial charge in [0.25, 0.3) is 0 Å². The van der Waals surface area contributed by atoms with E-state index in [1.165, 1.54) is 0 Å². The summed E-state index contributed by atoms with van der Waals surface area (Å²) in [5.41, 5.74) is 0. The summed E-state index contributed by atoms with van der Waals surface area (Å²) in [5, 5.41) is 8.22. The maximum atomic E-state index is 12.8. The van der Waals surface area contributed by atoms with Crippen LogP contribution >= 0.6 is 0 Å². The standard InChI is InChI=1S/C8H10F2O2/c9-8(10,7(11)12)6-4-2-1-3-5-6/h1-2,6H,3-5H2,(H,11,12). The lowest BCUT2D eigenvalue weighted by Crippen LogP contribution is -2.37. The van der Waals surface area contributed by atoms with Crippen LogP contribution in [0.1, 0.15) is 19.3 Å². The van der Waals surface area contributed by atoms with Crippen LogP contribution in [-0.4, -0.2) is 17.0 Å². The minimum absolute atomic E-state index is 0.166. The van der Waals surface area contributed by atoms with Gasteiger partial charge >= 0.3 is 11.9 Å². The smallest absolute Gasteiger partial charge is 0.374 e. The van der Waals surface area contributed by atoms with Crippen molar-refractivity contribution in [3.8, 4) is 0 Å². The van der Waals surface area contributed by atoms with E-state index in [2.05, 4.69) is 0 Å². The molecule has 1 atom stereocenters.